The zero-order chi connectivity index (χ0) is 13.1. The van der Waals surface area contributed by atoms with E-state index < -0.39 is 0 Å². The second kappa shape index (κ2) is 5.35. The summed E-state index contributed by atoms with van der Waals surface area (Å²) in [5.41, 5.74) is 6.38. The number of nitrogens with two attached hydrogens (primary N) is 1. The number of amidine groups is 1. The SMILES string of the molecule is CC(NCc1ccc(/C(N)=N/O)cc1F)C1CC1. The summed E-state index contributed by atoms with van der Waals surface area (Å²) in [6.07, 6.45) is 2.53. The van der Waals surface area contributed by atoms with Crippen LogP contribution in [0.5, 0.6) is 0 Å². The Labute approximate surface area is 106 Å². The van der Waals surface area contributed by atoms with Gasteiger partial charge in [0.2, 0.25) is 0 Å². The van der Waals surface area contributed by atoms with E-state index in [1.807, 2.05) is 0 Å². The quantitative estimate of drug-likeness (QED) is 0.323. The van der Waals surface area contributed by atoms with Gasteiger partial charge in [0, 0.05) is 23.7 Å². The third-order valence-corrected chi connectivity index (χ3v) is 3.40. The monoisotopic (exact) mass is 251 g/mol. The first kappa shape index (κ1) is 12.8. The van der Waals surface area contributed by atoms with E-state index in [2.05, 4.69) is 17.4 Å². The lowest BCUT2D eigenvalue weighted by atomic mass is 10.1. The minimum atomic E-state index is -0.338. The van der Waals surface area contributed by atoms with Gasteiger partial charge in [-0.05, 0) is 31.7 Å². The molecule has 0 spiro atoms. The summed E-state index contributed by atoms with van der Waals surface area (Å²) in [6.45, 7) is 2.63. The molecule has 1 aliphatic rings. The zero-order valence-electron chi connectivity index (χ0n) is 10.4. The molecule has 1 atom stereocenters. The summed E-state index contributed by atoms with van der Waals surface area (Å²) < 4.78 is 13.8. The van der Waals surface area contributed by atoms with Gasteiger partial charge in [0.05, 0.1) is 0 Å². The number of nitrogens with one attached hydrogen (secondary N) is 1. The van der Waals surface area contributed by atoms with Crippen molar-refractivity contribution in [2.45, 2.75) is 32.4 Å². The van der Waals surface area contributed by atoms with Gasteiger partial charge in [-0.1, -0.05) is 17.3 Å². The predicted molar refractivity (Wildman–Crippen MR) is 67.9 cm³/mol. The molecular weight excluding hydrogens is 233 g/mol. The van der Waals surface area contributed by atoms with Crippen LogP contribution in [0.1, 0.15) is 30.9 Å². The highest BCUT2D eigenvalue weighted by Crippen LogP contribution is 2.32. The molecule has 1 unspecified atom stereocenters. The molecule has 0 amide bonds. The van der Waals surface area contributed by atoms with Crippen molar-refractivity contribution in [1.82, 2.24) is 5.32 Å². The third kappa shape index (κ3) is 2.98. The maximum Gasteiger partial charge on any atom is 0.170 e. The average molecular weight is 251 g/mol. The molecule has 1 aromatic rings. The van der Waals surface area contributed by atoms with E-state index in [1.165, 1.54) is 18.9 Å². The molecule has 0 aliphatic heterocycles. The molecule has 0 aromatic heterocycles. The van der Waals surface area contributed by atoms with Crippen LogP contribution in [0.4, 0.5) is 4.39 Å². The van der Waals surface area contributed by atoms with Gasteiger partial charge in [0.25, 0.3) is 0 Å². The molecule has 1 aromatic carbocycles. The summed E-state index contributed by atoms with van der Waals surface area (Å²) in [7, 11) is 0. The minimum absolute atomic E-state index is 0.0836. The van der Waals surface area contributed by atoms with Gasteiger partial charge in [-0.15, -0.1) is 0 Å². The van der Waals surface area contributed by atoms with Gasteiger partial charge in [-0.3, -0.25) is 0 Å². The number of oxime groups is 1. The van der Waals surface area contributed by atoms with Crippen molar-refractivity contribution in [3.05, 3.63) is 35.1 Å². The highest BCUT2D eigenvalue weighted by molar-refractivity contribution is 5.97. The Balaban J connectivity index is 2.00. The molecule has 5 heteroatoms. The van der Waals surface area contributed by atoms with E-state index in [9.17, 15) is 4.39 Å². The molecule has 1 fully saturated rings. The predicted octanol–water partition coefficient (Wildman–Crippen LogP) is 1.81. The first-order valence-electron chi connectivity index (χ1n) is 6.11. The van der Waals surface area contributed by atoms with E-state index in [4.69, 9.17) is 10.9 Å². The first-order chi connectivity index (χ1) is 8.61. The smallest absolute Gasteiger partial charge is 0.170 e. The summed E-state index contributed by atoms with van der Waals surface area (Å²) >= 11 is 0. The lowest BCUT2D eigenvalue weighted by molar-refractivity contribution is 0.318. The Bertz CT molecular complexity index is 458. The van der Waals surface area contributed by atoms with Gasteiger partial charge in [-0.25, -0.2) is 4.39 Å². The van der Waals surface area contributed by atoms with Crippen LogP contribution in [0.2, 0.25) is 0 Å². The molecule has 0 saturated heterocycles. The average Bonchev–Trinajstić information content (AvgIpc) is 3.20. The van der Waals surface area contributed by atoms with Crippen molar-refractivity contribution in [2.24, 2.45) is 16.8 Å². The third-order valence-electron chi connectivity index (χ3n) is 3.40. The largest absolute Gasteiger partial charge is 0.409 e. The Hall–Kier alpha value is -1.62. The molecule has 4 nitrogen and oxygen atoms in total. The van der Waals surface area contributed by atoms with Gasteiger partial charge >= 0.3 is 0 Å². The molecule has 0 heterocycles. The second-order valence-electron chi connectivity index (χ2n) is 4.80. The molecule has 18 heavy (non-hydrogen) atoms. The van der Waals surface area contributed by atoms with Crippen LogP contribution in [-0.4, -0.2) is 17.1 Å². The fourth-order valence-electron chi connectivity index (χ4n) is 1.94. The van der Waals surface area contributed by atoms with Crippen molar-refractivity contribution in [2.75, 3.05) is 0 Å². The second-order valence-corrected chi connectivity index (χ2v) is 4.80. The van der Waals surface area contributed by atoms with Crippen molar-refractivity contribution >= 4 is 5.84 Å². The number of hydrogen-bond acceptors (Lipinski definition) is 3. The maximum absolute atomic E-state index is 13.8. The van der Waals surface area contributed by atoms with E-state index in [1.54, 1.807) is 12.1 Å². The molecule has 98 valence electrons. The molecule has 0 bridgehead atoms. The standard InChI is InChI=1S/C13H18FN3O/c1-8(9-2-3-9)16-7-11-5-4-10(6-12(11)14)13(15)17-18/h4-6,8-9,16,18H,2-3,7H2,1H3,(H2,15,17). The van der Waals surface area contributed by atoms with E-state index >= 15 is 0 Å². The van der Waals surface area contributed by atoms with Gasteiger partial charge < -0.3 is 16.3 Å². The van der Waals surface area contributed by atoms with Gasteiger partial charge in [0.15, 0.2) is 5.84 Å². The highest BCUT2D eigenvalue weighted by atomic mass is 19.1. The van der Waals surface area contributed by atoms with Crippen molar-refractivity contribution in [3.8, 4) is 0 Å². The highest BCUT2D eigenvalue weighted by Gasteiger charge is 2.27. The first-order valence-corrected chi connectivity index (χ1v) is 6.11. The number of benzene rings is 1. The van der Waals surface area contributed by atoms with E-state index in [0.29, 0.717) is 23.7 Å². The fraction of sp³-hybridized carbons (Fsp3) is 0.462. The van der Waals surface area contributed by atoms with Gasteiger partial charge in [0.1, 0.15) is 5.82 Å². The van der Waals surface area contributed by atoms with Crippen LogP contribution in [0.25, 0.3) is 0 Å². The Morgan fingerprint density at radius 3 is 2.89 bits per heavy atom. The zero-order valence-corrected chi connectivity index (χ0v) is 10.4. The van der Waals surface area contributed by atoms with Crippen molar-refractivity contribution in [1.29, 1.82) is 0 Å². The summed E-state index contributed by atoms with van der Waals surface area (Å²) in [5.74, 6) is 0.318. The van der Waals surface area contributed by atoms with Crippen LogP contribution >= 0.6 is 0 Å². The number of rotatable bonds is 5. The summed E-state index contributed by atoms with van der Waals surface area (Å²) in [4.78, 5) is 0. The van der Waals surface area contributed by atoms with Crippen LogP contribution in [0, 0.1) is 11.7 Å². The molecule has 1 saturated carbocycles. The summed E-state index contributed by atoms with van der Waals surface area (Å²) in [5, 5.41) is 14.7. The van der Waals surface area contributed by atoms with Crippen LogP contribution < -0.4 is 11.1 Å². The molecule has 4 N–H and O–H groups in total. The Kier molecular flexibility index (Phi) is 3.81. The maximum atomic E-state index is 13.8. The minimum Gasteiger partial charge on any atom is -0.409 e. The normalized spacial score (nSPS) is 17.8. The lowest BCUT2D eigenvalue weighted by Gasteiger charge is -2.13. The number of nitrogens with zero attached hydrogens (tertiary/aromatic N) is 1. The molecule has 1 aliphatic carbocycles. The summed E-state index contributed by atoms with van der Waals surface area (Å²) in [6, 6.07) is 5.02. The van der Waals surface area contributed by atoms with Crippen LogP contribution in [-0.2, 0) is 6.54 Å². The van der Waals surface area contributed by atoms with Crippen molar-refractivity contribution < 1.29 is 9.60 Å². The van der Waals surface area contributed by atoms with Crippen LogP contribution in [0.15, 0.2) is 23.4 Å². The number of halogens is 1. The molecule has 0 radical (unpaired) electrons. The van der Waals surface area contributed by atoms with E-state index in [0.717, 1.165) is 5.92 Å². The van der Waals surface area contributed by atoms with Gasteiger partial charge in [-0.2, -0.15) is 0 Å². The molecular formula is C13H18FN3O. The van der Waals surface area contributed by atoms with E-state index in [-0.39, 0.29) is 11.7 Å². The fourth-order valence-corrected chi connectivity index (χ4v) is 1.94. The molecule has 2 rings (SSSR count). The Morgan fingerprint density at radius 2 is 2.33 bits per heavy atom. The lowest BCUT2D eigenvalue weighted by Crippen LogP contribution is -2.27. The number of hydrogen-bond donors (Lipinski definition) is 3. The topological polar surface area (TPSA) is 70.6 Å². The van der Waals surface area contributed by atoms with Crippen LogP contribution in [0.3, 0.4) is 0 Å². The Morgan fingerprint density at radius 1 is 1.61 bits per heavy atom. The van der Waals surface area contributed by atoms with Crippen molar-refractivity contribution in [3.63, 3.8) is 0 Å².